The van der Waals surface area contributed by atoms with Gasteiger partial charge in [-0.05, 0) is 30.9 Å². The molecule has 1 aromatic rings. The normalized spacial score (nSPS) is 27.0. The summed E-state index contributed by atoms with van der Waals surface area (Å²) < 4.78 is 5.53. The van der Waals surface area contributed by atoms with Crippen LogP contribution in [-0.2, 0) is 14.3 Å². The summed E-state index contributed by atoms with van der Waals surface area (Å²) >= 11 is 12.3. The molecule has 0 bridgehead atoms. The molecule has 1 aromatic carbocycles. The van der Waals surface area contributed by atoms with Crippen LogP contribution in [0.3, 0.4) is 0 Å². The molecule has 0 radical (unpaired) electrons. The number of rotatable bonds is 3. The molecule has 3 rings (SSSR count). The van der Waals surface area contributed by atoms with Crippen LogP contribution in [0.25, 0.3) is 0 Å². The van der Waals surface area contributed by atoms with Crippen molar-refractivity contribution >= 4 is 35.0 Å². The Kier molecular flexibility index (Phi) is 4.90. The number of piperidine rings is 1. The lowest BCUT2D eigenvalue weighted by atomic mass is 9.84. The Labute approximate surface area is 149 Å². The summed E-state index contributed by atoms with van der Waals surface area (Å²) in [5.41, 5.74) is 5.78. The fourth-order valence-corrected chi connectivity index (χ4v) is 4.00. The van der Waals surface area contributed by atoms with Gasteiger partial charge in [0.1, 0.15) is 11.9 Å². The third kappa shape index (κ3) is 3.18. The van der Waals surface area contributed by atoms with Crippen LogP contribution in [-0.4, -0.2) is 47.1 Å². The molecule has 2 aliphatic rings. The molecule has 0 spiro atoms. The summed E-state index contributed by atoms with van der Waals surface area (Å²) in [6.45, 7) is 0.841. The second-order valence-electron chi connectivity index (χ2n) is 6.19. The van der Waals surface area contributed by atoms with E-state index in [0.717, 1.165) is 0 Å². The predicted octanol–water partition coefficient (Wildman–Crippen LogP) is 2.05. The Balaban J connectivity index is 1.76. The first-order chi connectivity index (χ1) is 11.4. The van der Waals surface area contributed by atoms with Gasteiger partial charge < -0.3 is 20.5 Å². The molecular weight excluding hydrogens is 355 g/mol. The monoisotopic (exact) mass is 372 g/mol. The van der Waals surface area contributed by atoms with Crippen molar-refractivity contribution in [2.45, 2.75) is 37.3 Å². The number of phenols is 1. The smallest absolute Gasteiger partial charge is 0.252 e. The van der Waals surface area contributed by atoms with E-state index in [1.54, 1.807) is 11.0 Å². The average molecular weight is 373 g/mol. The fourth-order valence-electron chi connectivity index (χ4n) is 3.52. The SMILES string of the molecule is NC(=O)CC1OC[C@@H]2C[C@H](c3c(O)ccc(Cl)c3Cl)CCN2C1=O. The minimum atomic E-state index is -0.793. The number of primary amides is 1. The second kappa shape index (κ2) is 6.78. The molecule has 3 N–H and O–H groups in total. The van der Waals surface area contributed by atoms with Crippen LogP contribution in [0.4, 0.5) is 0 Å². The van der Waals surface area contributed by atoms with Crippen LogP contribution in [0.1, 0.15) is 30.7 Å². The van der Waals surface area contributed by atoms with Crippen LogP contribution < -0.4 is 5.73 Å². The lowest BCUT2D eigenvalue weighted by Gasteiger charge is -2.44. The molecule has 8 heteroatoms. The number of morpholine rings is 1. The molecule has 24 heavy (non-hydrogen) atoms. The lowest BCUT2D eigenvalue weighted by Crippen LogP contribution is -2.57. The number of fused-ring (bicyclic) bond motifs is 1. The van der Waals surface area contributed by atoms with Gasteiger partial charge in [-0.3, -0.25) is 9.59 Å². The quantitative estimate of drug-likeness (QED) is 0.848. The van der Waals surface area contributed by atoms with Crippen molar-refractivity contribution in [2.75, 3.05) is 13.2 Å². The number of hydrogen-bond donors (Lipinski definition) is 2. The molecular formula is C16H18Cl2N2O4. The highest BCUT2D eigenvalue weighted by Gasteiger charge is 2.41. The van der Waals surface area contributed by atoms with Crippen molar-refractivity contribution < 1.29 is 19.4 Å². The highest BCUT2D eigenvalue weighted by atomic mass is 35.5. The van der Waals surface area contributed by atoms with Crippen LogP contribution in [0.2, 0.25) is 10.0 Å². The number of hydrogen-bond acceptors (Lipinski definition) is 4. The first-order valence-corrected chi connectivity index (χ1v) is 8.51. The van der Waals surface area contributed by atoms with Crippen molar-refractivity contribution in [3.63, 3.8) is 0 Å². The molecule has 2 saturated heterocycles. The zero-order chi connectivity index (χ0) is 17.4. The average Bonchev–Trinajstić information content (AvgIpc) is 2.54. The fraction of sp³-hybridized carbons (Fsp3) is 0.500. The number of nitrogens with two attached hydrogens (primary N) is 1. The Hall–Kier alpha value is -1.50. The molecule has 130 valence electrons. The highest BCUT2D eigenvalue weighted by Crippen LogP contribution is 2.43. The number of ether oxygens (including phenoxy) is 1. The number of amides is 2. The number of benzene rings is 1. The number of halogens is 2. The molecule has 0 aromatic heterocycles. The van der Waals surface area contributed by atoms with E-state index in [2.05, 4.69) is 0 Å². The van der Waals surface area contributed by atoms with Crippen molar-refractivity contribution in [3.05, 3.63) is 27.7 Å². The number of phenolic OH excluding ortho intramolecular Hbond substituents is 1. The Morgan fingerprint density at radius 1 is 1.42 bits per heavy atom. The predicted molar refractivity (Wildman–Crippen MR) is 89.2 cm³/mol. The lowest BCUT2D eigenvalue weighted by molar-refractivity contribution is -0.164. The summed E-state index contributed by atoms with van der Waals surface area (Å²) in [7, 11) is 0. The maximum absolute atomic E-state index is 12.4. The van der Waals surface area contributed by atoms with Crippen LogP contribution in [0, 0.1) is 0 Å². The van der Waals surface area contributed by atoms with E-state index in [-0.39, 0.29) is 30.0 Å². The van der Waals surface area contributed by atoms with E-state index in [4.69, 9.17) is 33.7 Å². The molecule has 2 heterocycles. The Morgan fingerprint density at radius 2 is 2.17 bits per heavy atom. The Bertz CT molecular complexity index is 682. The van der Waals surface area contributed by atoms with Gasteiger partial charge in [-0.1, -0.05) is 23.2 Å². The van der Waals surface area contributed by atoms with Gasteiger partial charge in [-0.25, -0.2) is 0 Å². The van der Waals surface area contributed by atoms with Crippen LogP contribution in [0.5, 0.6) is 5.75 Å². The summed E-state index contributed by atoms with van der Waals surface area (Å²) in [4.78, 5) is 25.2. The minimum Gasteiger partial charge on any atom is -0.508 e. The maximum Gasteiger partial charge on any atom is 0.252 e. The van der Waals surface area contributed by atoms with E-state index in [9.17, 15) is 14.7 Å². The zero-order valence-corrected chi connectivity index (χ0v) is 14.4. The van der Waals surface area contributed by atoms with Crippen LogP contribution >= 0.6 is 23.2 Å². The van der Waals surface area contributed by atoms with Crippen molar-refractivity contribution in [3.8, 4) is 5.75 Å². The largest absolute Gasteiger partial charge is 0.508 e. The van der Waals surface area contributed by atoms with E-state index in [1.165, 1.54) is 6.07 Å². The number of aromatic hydroxyl groups is 1. The van der Waals surface area contributed by atoms with Crippen molar-refractivity contribution in [1.82, 2.24) is 4.90 Å². The first-order valence-electron chi connectivity index (χ1n) is 7.75. The van der Waals surface area contributed by atoms with Crippen molar-refractivity contribution in [1.29, 1.82) is 0 Å². The maximum atomic E-state index is 12.4. The van der Waals surface area contributed by atoms with E-state index >= 15 is 0 Å². The summed E-state index contributed by atoms with van der Waals surface area (Å²) in [5, 5.41) is 10.9. The number of carbonyl (C=O) groups excluding carboxylic acids is 2. The van der Waals surface area contributed by atoms with Gasteiger partial charge in [0.05, 0.1) is 29.1 Å². The van der Waals surface area contributed by atoms with Gasteiger partial charge in [-0.15, -0.1) is 0 Å². The van der Waals surface area contributed by atoms with Crippen molar-refractivity contribution in [2.24, 2.45) is 5.73 Å². The molecule has 2 amide bonds. The van der Waals surface area contributed by atoms with Crippen LogP contribution in [0.15, 0.2) is 12.1 Å². The van der Waals surface area contributed by atoms with Gasteiger partial charge in [0.25, 0.3) is 5.91 Å². The topological polar surface area (TPSA) is 92.9 Å². The molecule has 2 aliphatic heterocycles. The third-order valence-electron chi connectivity index (χ3n) is 4.67. The number of nitrogens with zero attached hydrogens (tertiary/aromatic N) is 1. The second-order valence-corrected chi connectivity index (χ2v) is 6.98. The standard InChI is InChI=1S/C16H18Cl2N2O4/c17-10-1-2-11(21)14(15(10)18)8-3-4-20-9(5-8)7-24-12(16(20)23)6-13(19)22/h1-2,8-9,12,21H,3-7H2,(H2,19,22)/t8-,9+,12?/m1/s1. The molecule has 0 aliphatic carbocycles. The molecule has 3 atom stereocenters. The van der Waals surface area contributed by atoms with Gasteiger partial charge in [0.15, 0.2) is 0 Å². The summed E-state index contributed by atoms with van der Waals surface area (Å²) in [5.74, 6) is -0.665. The van der Waals surface area contributed by atoms with Gasteiger partial charge in [-0.2, -0.15) is 0 Å². The number of carbonyl (C=O) groups is 2. The third-order valence-corrected chi connectivity index (χ3v) is 5.49. The Morgan fingerprint density at radius 3 is 2.88 bits per heavy atom. The summed E-state index contributed by atoms with van der Waals surface area (Å²) in [6.07, 6.45) is 0.368. The molecule has 1 unspecified atom stereocenters. The van der Waals surface area contributed by atoms with Gasteiger partial charge in [0.2, 0.25) is 5.91 Å². The molecule has 6 nitrogen and oxygen atoms in total. The highest BCUT2D eigenvalue weighted by molar-refractivity contribution is 6.42. The van der Waals surface area contributed by atoms with E-state index in [0.29, 0.717) is 41.6 Å². The molecule has 2 fully saturated rings. The van der Waals surface area contributed by atoms with E-state index in [1.807, 2.05) is 0 Å². The molecule has 0 saturated carbocycles. The van der Waals surface area contributed by atoms with Gasteiger partial charge >= 0.3 is 0 Å². The minimum absolute atomic E-state index is 0.0125. The zero-order valence-electron chi connectivity index (χ0n) is 12.9. The first kappa shape index (κ1) is 17.3. The summed E-state index contributed by atoms with van der Waals surface area (Å²) in [6, 6.07) is 2.97. The van der Waals surface area contributed by atoms with Gasteiger partial charge in [0, 0.05) is 12.1 Å². The van der Waals surface area contributed by atoms with E-state index < -0.39 is 12.0 Å².